The summed E-state index contributed by atoms with van der Waals surface area (Å²) in [6, 6.07) is 12.1. The summed E-state index contributed by atoms with van der Waals surface area (Å²) in [4.78, 5) is 16.4. The molecule has 1 N–H and O–H groups in total. The number of carbonyl (C=O) groups excluding carboxylic acids is 1. The van der Waals surface area contributed by atoms with Crippen molar-refractivity contribution in [2.45, 2.75) is 45.6 Å². The van der Waals surface area contributed by atoms with Crippen LogP contribution >= 0.6 is 0 Å². The highest BCUT2D eigenvalue weighted by Gasteiger charge is 2.10. The van der Waals surface area contributed by atoms with Crippen molar-refractivity contribution in [2.75, 3.05) is 7.11 Å². The van der Waals surface area contributed by atoms with Crippen molar-refractivity contribution in [1.82, 2.24) is 15.5 Å². The van der Waals surface area contributed by atoms with Crippen molar-refractivity contribution < 1.29 is 14.1 Å². The molecule has 0 aliphatic rings. The first-order chi connectivity index (χ1) is 13.0. The summed E-state index contributed by atoms with van der Waals surface area (Å²) >= 11 is 0. The van der Waals surface area contributed by atoms with Gasteiger partial charge in [-0.25, -0.2) is 0 Å². The summed E-state index contributed by atoms with van der Waals surface area (Å²) in [6.45, 7) is 4.55. The van der Waals surface area contributed by atoms with Gasteiger partial charge in [0, 0.05) is 25.3 Å². The Balaban J connectivity index is 1.46. The normalized spacial score (nSPS) is 11.1. The number of fused-ring (bicyclic) bond motifs is 1. The third-order valence-corrected chi connectivity index (χ3v) is 4.40. The van der Waals surface area contributed by atoms with Crippen LogP contribution in [0.1, 0.15) is 49.9 Å². The number of hydrogen-bond acceptors (Lipinski definition) is 5. The summed E-state index contributed by atoms with van der Waals surface area (Å²) in [6.07, 6.45) is 1.73. The molecule has 6 heteroatoms. The molecule has 1 heterocycles. The Kier molecular flexibility index (Phi) is 6.06. The Hall–Kier alpha value is -2.89. The van der Waals surface area contributed by atoms with Gasteiger partial charge in [-0.05, 0) is 41.0 Å². The molecule has 0 saturated carbocycles. The number of nitrogens with one attached hydrogen (secondary N) is 1. The van der Waals surface area contributed by atoms with E-state index in [2.05, 4.69) is 21.5 Å². The smallest absolute Gasteiger partial charge is 0.226 e. The maximum atomic E-state index is 12.1. The molecule has 0 atom stereocenters. The van der Waals surface area contributed by atoms with E-state index in [0.29, 0.717) is 37.5 Å². The highest BCUT2D eigenvalue weighted by Crippen LogP contribution is 2.21. The molecule has 0 spiro atoms. The highest BCUT2D eigenvalue weighted by molar-refractivity contribution is 5.84. The van der Waals surface area contributed by atoms with Crippen LogP contribution in [0.3, 0.4) is 0 Å². The van der Waals surface area contributed by atoms with Gasteiger partial charge in [-0.15, -0.1) is 0 Å². The Morgan fingerprint density at radius 1 is 1.19 bits per heavy atom. The Morgan fingerprint density at radius 3 is 2.70 bits per heavy atom. The van der Waals surface area contributed by atoms with Crippen molar-refractivity contribution in [3.63, 3.8) is 0 Å². The summed E-state index contributed by atoms with van der Waals surface area (Å²) < 4.78 is 10.4. The van der Waals surface area contributed by atoms with E-state index in [0.717, 1.165) is 22.1 Å². The minimum absolute atomic E-state index is 0.0217. The third-order valence-electron chi connectivity index (χ3n) is 4.40. The van der Waals surface area contributed by atoms with E-state index in [4.69, 9.17) is 9.26 Å². The molecule has 0 fully saturated rings. The lowest BCUT2D eigenvalue weighted by molar-refractivity contribution is -0.121. The average molecular weight is 367 g/mol. The predicted octanol–water partition coefficient (Wildman–Crippen LogP) is 3.99. The van der Waals surface area contributed by atoms with E-state index in [9.17, 15) is 4.79 Å². The molecule has 3 rings (SSSR count). The topological polar surface area (TPSA) is 77.2 Å². The first-order valence-electron chi connectivity index (χ1n) is 9.21. The summed E-state index contributed by atoms with van der Waals surface area (Å²) in [5.74, 6) is 2.41. The Morgan fingerprint density at radius 2 is 1.96 bits per heavy atom. The summed E-state index contributed by atoms with van der Waals surface area (Å²) in [5.41, 5.74) is 1.07. The lowest BCUT2D eigenvalue weighted by Gasteiger charge is -2.07. The van der Waals surface area contributed by atoms with Crippen molar-refractivity contribution in [3.05, 3.63) is 53.7 Å². The maximum absolute atomic E-state index is 12.1. The zero-order valence-electron chi connectivity index (χ0n) is 16.0. The molecule has 1 amide bonds. The number of aromatic nitrogens is 2. The quantitative estimate of drug-likeness (QED) is 0.651. The van der Waals surface area contributed by atoms with E-state index in [1.807, 2.05) is 44.2 Å². The van der Waals surface area contributed by atoms with E-state index in [-0.39, 0.29) is 11.8 Å². The molecule has 142 valence electrons. The molecule has 0 aliphatic carbocycles. The number of hydrogen-bond donors (Lipinski definition) is 1. The van der Waals surface area contributed by atoms with Crippen LogP contribution in [-0.2, 0) is 17.8 Å². The number of methoxy groups -OCH3 is 1. The molecule has 27 heavy (non-hydrogen) atoms. The molecule has 0 aliphatic heterocycles. The minimum atomic E-state index is 0.0217. The number of aryl methyl sites for hydroxylation is 1. The van der Waals surface area contributed by atoms with E-state index >= 15 is 0 Å². The summed E-state index contributed by atoms with van der Waals surface area (Å²) in [5, 5.41) is 9.14. The maximum Gasteiger partial charge on any atom is 0.226 e. The Labute approximate surface area is 158 Å². The van der Waals surface area contributed by atoms with Crippen LogP contribution in [0, 0.1) is 0 Å². The number of carbonyl (C=O) groups is 1. The Bertz CT molecular complexity index is 918. The van der Waals surface area contributed by atoms with Gasteiger partial charge >= 0.3 is 0 Å². The SMILES string of the molecule is COc1ccc2cc(CNC(=O)CCCc3nc(C(C)C)no3)ccc2c1. The van der Waals surface area contributed by atoms with Gasteiger partial charge in [0.1, 0.15) is 5.75 Å². The van der Waals surface area contributed by atoms with Crippen LogP contribution in [0.5, 0.6) is 5.75 Å². The van der Waals surface area contributed by atoms with Crippen LogP contribution in [0.15, 0.2) is 40.9 Å². The summed E-state index contributed by atoms with van der Waals surface area (Å²) in [7, 11) is 1.66. The number of amides is 1. The molecule has 2 aromatic carbocycles. The van der Waals surface area contributed by atoms with Crippen LogP contribution in [-0.4, -0.2) is 23.2 Å². The number of nitrogens with zero attached hydrogens (tertiary/aromatic N) is 2. The van der Waals surface area contributed by atoms with Gasteiger partial charge in [0.15, 0.2) is 5.82 Å². The fourth-order valence-electron chi connectivity index (χ4n) is 2.80. The zero-order valence-corrected chi connectivity index (χ0v) is 16.0. The molecule has 6 nitrogen and oxygen atoms in total. The van der Waals surface area contributed by atoms with Gasteiger partial charge in [0.25, 0.3) is 0 Å². The molecule has 0 saturated heterocycles. The van der Waals surface area contributed by atoms with E-state index in [1.165, 1.54) is 0 Å². The van der Waals surface area contributed by atoms with Crippen LogP contribution in [0.4, 0.5) is 0 Å². The standard InChI is InChI=1S/C21H25N3O3/c1-14(2)21-23-20(27-24-21)6-4-5-19(25)22-13-15-7-8-17-12-18(26-3)10-9-16(17)11-15/h7-12,14H,4-6,13H2,1-3H3,(H,22,25). The average Bonchev–Trinajstić information content (AvgIpc) is 3.15. The zero-order chi connectivity index (χ0) is 19.2. The monoisotopic (exact) mass is 367 g/mol. The molecular weight excluding hydrogens is 342 g/mol. The van der Waals surface area contributed by atoms with Crippen LogP contribution < -0.4 is 10.1 Å². The second kappa shape index (κ2) is 8.66. The van der Waals surface area contributed by atoms with Gasteiger partial charge < -0.3 is 14.6 Å². The number of benzene rings is 2. The molecule has 0 radical (unpaired) electrons. The van der Waals surface area contributed by atoms with Crippen molar-refractivity contribution in [2.24, 2.45) is 0 Å². The largest absolute Gasteiger partial charge is 0.497 e. The van der Waals surface area contributed by atoms with E-state index < -0.39 is 0 Å². The first-order valence-corrected chi connectivity index (χ1v) is 9.21. The van der Waals surface area contributed by atoms with Crippen molar-refractivity contribution in [3.8, 4) is 5.75 Å². The van der Waals surface area contributed by atoms with Gasteiger partial charge in [-0.2, -0.15) is 4.98 Å². The van der Waals surface area contributed by atoms with Gasteiger partial charge in [-0.1, -0.05) is 37.2 Å². The van der Waals surface area contributed by atoms with Gasteiger partial charge in [0.05, 0.1) is 7.11 Å². The van der Waals surface area contributed by atoms with Crippen molar-refractivity contribution >= 4 is 16.7 Å². The van der Waals surface area contributed by atoms with Crippen LogP contribution in [0.2, 0.25) is 0 Å². The predicted molar refractivity (Wildman–Crippen MR) is 104 cm³/mol. The minimum Gasteiger partial charge on any atom is -0.497 e. The molecule has 0 unspecified atom stereocenters. The van der Waals surface area contributed by atoms with Gasteiger partial charge in [0.2, 0.25) is 11.8 Å². The molecule has 1 aromatic heterocycles. The first kappa shape index (κ1) is 18.9. The fourth-order valence-corrected chi connectivity index (χ4v) is 2.80. The molecule has 3 aromatic rings. The lowest BCUT2D eigenvalue weighted by atomic mass is 10.1. The molecule has 0 bridgehead atoms. The van der Waals surface area contributed by atoms with Crippen molar-refractivity contribution in [1.29, 1.82) is 0 Å². The number of rotatable bonds is 8. The second-order valence-electron chi connectivity index (χ2n) is 6.88. The lowest BCUT2D eigenvalue weighted by Crippen LogP contribution is -2.22. The third kappa shape index (κ3) is 5.06. The van der Waals surface area contributed by atoms with Crippen LogP contribution in [0.25, 0.3) is 10.8 Å². The highest BCUT2D eigenvalue weighted by atomic mass is 16.5. The number of ether oxygens (including phenoxy) is 1. The van der Waals surface area contributed by atoms with Gasteiger partial charge in [-0.3, -0.25) is 4.79 Å². The van der Waals surface area contributed by atoms with E-state index in [1.54, 1.807) is 7.11 Å². The second-order valence-corrected chi connectivity index (χ2v) is 6.88. The fraction of sp³-hybridized carbons (Fsp3) is 0.381. The molecular formula is C21H25N3O3.